The molecule has 8 aromatic rings. The Labute approximate surface area is 261 Å². The van der Waals surface area contributed by atoms with Crippen LogP contribution >= 0.6 is 0 Å². The fourth-order valence-electron chi connectivity index (χ4n) is 6.64. The topological polar surface area (TPSA) is 22.1 Å². The zero-order valence-electron chi connectivity index (χ0n) is 24.4. The zero-order valence-corrected chi connectivity index (χ0v) is 24.4. The number of fused-ring (bicyclic) bond motifs is 3. The van der Waals surface area contributed by atoms with Gasteiger partial charge in [-0.15, -0.1) is 0 Å². The van der Waals surface area contributed by atoms with E-state index in [1.165, 1.54) is 43.8 Å². The molecule has 0 radical (unpaired) electrons. The van der Waals surface area contributed by atoms with Crippen LogP contribution in [0, 0.1) is 0 Å². The summed E-state index contributed by atoms with van der Waals surface area (Å²) >= 11 is 0. The van der Waals surface area contributed by atoms with Crippen LogP contribution in [-0.4, -0.2) is 4.98 Å². The highest BCUT2D eigenvalue weighted by molar-refractivity contribution is 6.10. The molecule has 1 aliphatic rings. The molecule has 0 spiro atoms. The standard InChI is InChI=1S/C43H27NO/c1-3-10-28(11-4-1)34-26-39(29-12-5-2-6-13-29)44-40(27-34)33-21-19-30-24-32(20-18-31(30)25-33)35-22-23-42-43-37(35)15-9-16-38(43)36-14-7-8-17-41(36)45-42/h1-27H. The van der Waals surface area contributed by atoms with E-state index in [0.717, 1.165) is 45.1 Å². The summed E-state index contributed by atoms with van der Waals surface area (Å²) in [5, 5.41) is 4.75. The maximum absolute atomic E-state index is 6.33. The third-order valence-corrected chi connectivity index (χ3v) is 8.85. The predicted molar refractivity (Wildman–Crippen MR) is 187 cm³/mol. The Morgan fingerprint density at radius 2 is 1.00 bits per heavy atom. The molecule has 0 fully saturated rings. The van der Waals surface area contributed by atoms with Gasteiger partial charge in [-0.2, -0.15) is 0 Å². The number of pyridine rings is 1. The van der Waals surface area contributed by atoms with Crippen molar-refractivity contribution in [2.45, 2.75) is 0 Å². The molecule has 0 unspecified atom stereocenters. The number of aromatic nitrogens is 1. The highest BCUT2D eigenvalue weighted by Crippen LogP contribution is 2.48. The lowest BCUT2D eigenvalue weighted by Crippen LogP contribution is -1.97. The minimum Gasteiger partial charge on any atom is -0.456 e. The van der Waals surface area contributed by atoms with Crippen molar-refractivity contribution in [2.24, 2.45) is 0 Å². The van der Waals surface area contributed by atoms with Gasteiger partial charge in [-0.1, -0.05) is 127 Å². The van der Waals surface area contributed by atoms with Crippen LogP contribution in [0.1, 0.15) is 0 Å². The lowest BCUT2D eigenvalue weighted by Gasteiger charge is -2.22. The average Bonchev–Trinajstić information content (AvgIpc) is 3.12. The number of ether oxygens (including phenoxy) is 1. The van der Waals surface area contributed by atoms with Gasteiger partial charge in [0.1, 0.15) is 11.5 Å². The Kier molecular flexibility index (Phi) is 5.85. The molecular weight excluding hydrogens is 546 g/mol. The molecule has 2 heteroatoms. The quantitative estimate of drug-likeness (QED) is 0.209. The number of hydrogen-bond donors (Lipinski definition) is 0. The van der Waals surface area contributed by atoms with E-state index < -0.39 is 0 Å². The molecule has 0 saturated carbocycles. The first-order valence-electron chi connectivity index (χ1n) is 15.3. The lowest BCUT2D eigenvalue weighted by atomic mass is 9.90. The van der Waals surface area contributed by atoms with Gasteiger partial charge in [0, 0.05) is 22.1 Å². The van der Waals surface area contributed by atoms with E-state index in [1.807, 2.05) is 18.2 Å². The highest BCUT2D eigenvalue weighted by atomic mass is 16.5. The number of nitrogens with zero attached hydrogens (tertiary/aromatic N) is 1. The monoisotopic (exact) mass is 573 g/mol. The van der Waals surface area contributed by atoms with Gasteiger partial charge >= 0.3 is 0 Å². The predicted octanol–water partition coefficient (Wildman–Crippen LogP) is 11.8. The summed E-state index contributed by atoms with van der Waals surface area (Å²) in [6.07, 6.45) is 0. The van der Waals surface area contributed by atoms with Gasteiger partial charge in [0.2, 0.25) is 0 Å². The molecule has 0 amide bonds. The van der Waals surface area contributed by atoms with Crippen LogP contribution in [0.25, 0.3) is 77.4 Å². The van der Waals surface area contributed by atoms with Crippen LogP contribution in [0.2, 0.25) is 0 Å². The molecule has 0 aliphatic carbocycles. The van der Waals surface area contributed by atoms with Crippen LogP contribution in [0.3, 0.4) is 0 Å². The van der Waals surface area contributed by atoms with E-state index in [4.69, 9.17) is 9.72 Å². The Balaban J connectivity index is 1.14. The van der Waals surface area contributed by atoms with E-state index in [1.54, 1.807) is 0 Å². The number of benzene rings is 7. The summed E-state index contributed by atoms with van der Waals surface area (Å²) in [6.45, 7) is 0. The first-order valence-corrected chi connectivity index (χ1v) is 15.3. The summed E-state index contributed by atoms with van der Waals surface area (Å²) in [5.41, 5.74) is 11.2. The smallest absolute Gasteiger partial charge is 0.135 e. The van der Waals surface area contributed by atoms with Crippen molar-refractivity contribution in [2.75, 3.05) is 0 Å². The first-order chi connectivity index (χ1) is 22.3. The van der Waals surface area contributed by atoms with Crippen LogP contribution in [0.5, 0.6) is 11.5 Å². The third kappa shape index (κ3) is 4.39. The van der Waals surface area contributed by atoms with Crippen LogP contribution in [0.4, 0.5) is 0 Å². The lowest BCUT2D eigenvalue weighted by molar-refractivity contribution is 0.487. The maximum Gasteiger partial charge on any atom is 0.135 e. The van der Waals surface area contributed by atoms with Crippen LogP contribution in [0.15, 0.2) is 164 Å². The van der Waals surface area contributed by atoms with Crippen molar-refractivity contribution in [1.29, 1.82) is 0 Å². The zero-order chi connectivity index (χ0) is 29.7. The van der Waals surface area contributed by atoms with Crippen molar-refractivity contribution in [3.8, 4) is 67.4 Å². The Morgan fingerprint density at radius 1 is 0.356 bits per heavy atom. The second-order valence-electron chi connectivity index (χ2n) is 11.6. The first kappa shape index (κ1) is 25.5. The minimum absolute atomic E-state index is 0.909. The average molecular weight is 574 g/mol. The van der Waals surface area contributed by atoms with Crippen molar-refractivity contribution < 1.29 is 4.74 Å². The molecule has 1 aliphatic heterocycles. The normalized spacial score (nSPS) is 11.7. The number of rotatable bonds is 4. The highest BCUT2D eigenvalue weighted by Gasteiger charge is 2.21. The van der Waals surface area contributed by atoms with E-state index in [2.05, 4.69) is 146 Å². The van der Waals surface area contributed by atoms with Crippen molar-refractivity contribution in [1.82, 2.24) is 4.98 Å². The molecule has 7 aromatic carbocycles. The molecule has 0 bridgehead atoms. The largest absolute Gasteiger partial charge is 0.456 e. The summed E-state index contributed by atoms with van der Waals surface area (Å²) in [7, 11) is 0. The fraction of sp³-hybridized carbons (Fsp3) is 0. The van der Waals surface area contributed by atoms with Gasteiger partial charge in [0.25, 0.3) is 0 Å². The summed E-state index contributed by atoms with van der Waals surface area (Å²) < 4.78 is 6.33. The summed E-state index contributed by atoms with van der Waals surface area (Å²) in [4.78, 5) is 5.14. The van der Waals surface area contributed by atoms with Crippen molar-refractivity contribution in [3.63, 3.8) is 0 Å². The van der Waals surface area contributed by atoms with Gasteiger partial charge in [0.05, 0.1) is 11.4 Å². The molecule has 0 saturated heterocycles. The van der Waals surface area contributed by atoms with Gasteiger partial charge in [-0.3, -0.25) is 0 Å². The van der Waals surface area contributed by atoms with Crippen LogP contribution in [-0.2, 0) is 0 Å². The second-order valence-corrected chi connectivity index (χ2v) is 11.6. The molecular formula is C43H27NO. The SMILES string of the molecule is c1ccc(-c2cc(-c3ccccc3)nc(-c3ccc4cc(-c5ccc6c7c(cccc57)-c5ccccc5O6)ccc4c3)c2)cc1. The van der Waals surface area contributed by atoms with Gasteiger partial charge < -0.3 is 4.74 Å². The Morgan fingerprint density at radius 3 is 1.80 bits per heavy atom. The Hall–Kier alpha value is -5.99. The summed E-state index contributed by atoms with van der Waals surface area (Å²) in [5.74, 6) is 1.82. The number of hydrogen-bond acceptors (Lipinski definition) is 2. The summed E-state index contributed by atoms with van der Waals surface area (Å²) in [6, 6.07) is 57.9. The molecule has 45 heavy (non-hydrogen) atoms. The van der Waals surface area contributed by atoms with E-state index >= 15 is 0 Å². The van der Waals surface area contributed by atoms with E-state index in [9.17, 15) is 0 Å². The Bertz CT molecular complexity index is 2340. The van der Waals surface area contributed by atoms with Crippen molar-refractivity contribution in [3.05, 3.63) is 164 Å². The molecule has 210 valence electrons. The van der Waals surface area contributed by atoms with Crippen LogP contribution < -0.4 is 4.74 Å². The maximum atomic E-state index is 6.33. The van der Waals surface area contributed by atoms with Gasteiger partial charge in [-0.05, 0) is 80.4 Å². The fourth-order valence-corrected chi connectivity index (χ4v) is 6.64. The second kappa shape index (κ2) is 10.3. The molecule has 0 atom stereocenters. The molecule has 9 rings (SSSR count). The third-order valence-electron chi connectivity index (χ3n) is 8.85. The van der Waals surface area contributed by atoms with E-state index in [0.29, 0.717) is 0 Å². The molecule has 2 heterocycles. The number of para-hydroxylation sites is 1. The van der Waals surface area contributed by atoms with E-state index in [-0.39, 0.29) is 0 Å². The minimum atomic E-state index is 0.909. The van der Waals surface area contributed by atoms with Crippen molar-refractivity contribution >= 4 is 21.5 Å². The van der Waals surface area contributed by atoms with Gasteiger partial charge in [-0.25, -0.2) is 4.98 Å². The molecule has 1 aromatic heterocycles. The molecule has 0 N–H and O–H groups in total. The van der Waals surface area contributed by atoms with Gasteiger partial charge in [0.15, 0.2) is 0 Å². The molecule has 2 nitrogen and oxygen atoms in total.